The maximum Gasteiger partial charge on any atom is 0.275 e. The molecule has 0 amide bonds. The summed E-state index contributed by atoms with van der Waals surface area (Å²) < 4.78 is 2.15. The highest BCUT2D eigenvalue weighted by atomic mass is 127. The van der Waals surface area contributed by atoms with E-state index in [2.05, 4.69) is 26.8 Å². The Morgan fingerprint density at radius 2 is 2.22 bits per heavy atom. The van der Waals surface area contributed by atoms with Crippen LogP contribution in [0.25, 0.3) is 0 Å². The topological polar surface area (TPSA) is 0 Å². The van der Waals surface area contributed by atoms with Gasteiger partial charge in [0.1, 0.15) is 0 Å². The molecule has 0 nitrogen and oxygen atoms in total. The lowest BCUT2D eigenvalue weighted by atomic mass is 10.3. The van der Waals surface area contributed by atoms with Gasteiger partial charge >= 0.3 is 0 Å². The van der Waals surface area contributed by atoms with Crippen molar-refractivity contribution < 1.29 is 0 Å². The lowest BCUT2D eigenvalue weighted by Crippen LogP contribution is -1.81. The van der Waals surface area contributed by atoms with E-state index in [1.807, 2.05) is 11.6 Å². The van der Waals surface area contributed by atoms with E-state index in [0.717, 1.165) is 5.92 Å². The highest BCUT2D eigenvalue weighted by Crippen LogP contribution is 2.33. The summed E-state index contributed by atoms with van der Waals surface area (Å²) in [5.41, 5.74) is 0. The van der Waals surface area contributed by atoms with Gasteiger partial charge in [0.05, 0.1) is 0 Å². The number of halogens is 1. The van der Waals surface area contributed by atoms with Gasteiger partial charge in [0, 0.05) is 8.41 Å². The van der Waals surface area contributed by atoms with E-state index in [-0.39, 0.29) is 8.41 Å². The first kappa shape index (κ1) is 10.2. The van der Waals surface area contributed by atoms with Crippen LogP contribution in [-0.4, -0.2) is 18.6 Å². The molecular weight excluding hydrogens is 241 g/mol. The maximum absolute atomic E-state index is 2.29. The summed E-state index contributed by atoms with van der Waals surface area (Å²) in [5, 5.41) is 0. The minimum Gasteiger partial charge on any atom is -0.202 e. The van der Waals surface area contributed by atoms with E-state index < -0.39 is 0 Å². The summed E-state index contributed by atoms with van der Waals surface area (Å²) in [7, 11) is 0. The third-order valence-electron chi connectivity index (χ3n) is 1.40. The van der Waals surface area contributed by atoms with E-state index in [4.69, 9.17) is 0 Å². The fraction of sp³-hybridized carbons (Fsp3) is 1.00. The van der Waals surface area contributed by atoms with Gasteiger partial charge in [-0.05, 0) is 18.1 Å². The molecule has 1 saturated carbocycles. The standard InChI is InChI=1S/C5H9BIS.B/c7-6-8-4-3-5-1-2-5;/h5H,1-4H2;. The lowest BCUT2D eigenvalue weighted by molar-refractivity contribution is 0.810. The van der Waals surface area contributed by atoms with E-state index in [9.17, 15) is 0 Å². The summed E-state index contributed by atoms with van der Waals surface area (Å²) in [5.74, 6) is 2.45. The number of rotatable bonds is 4. The van der Waals surface area contributed by atoms with Crippen molar-refractivity contribution in [1.29, 1.82) is 0 Å². The fourth-order valence-corrected chi connectivity index (χ4v) is 2.01. The zero-order chi connectivity index (χ0) is 5.82. The highest BCUT2D eigenvalue weighted by molar-refractivity contribution is 14.1. The van der Waals surface area contributed by atoms with Crippen LogP contribution in [0.2, 0.25) is 0 Å². The van der Waals surface area contributed by atoms with Crippen LogP contribution >= 0.6 is 34.0 Å². The van der Waals surface area contributed by atoms with Gasteiger partial charge in [-0.15, -0.1) is 22.4 Å². The van der Waals surface area contributed by atoms with Gasteiger partial charge in [-0.1, -0.05) is 12.8 Å². The molecule has 0 aromatic carbocycles. The van der Waals surface area contributed by atoms with Crippen LogP contribution in [-0.2, 0) is 0 Å². The van der Waals surface area contributed by atoms with E-state index >= 15 is 0 Å². The predicted octanol–water partition coefficient (Wildman–Crippen LogP) is 2.11. The molecule has 0 aromatic heterocycles. The van der Waals surface area contributed by atoms with Crippen molar-refractivity contribution in [2.24, 2.45) is 5.92 Å². The molecule has 0 spiro atoms. The molecule has 48 valence electrons. The van der Waals surface area contributed by atoms with E-state index in [1.165, 1.54) is 25.0 Å². The quantitative estimate of drug-likeness (QED) is 0.418. The number of hydrogen-bond acceptors (Lipinski definition) is 1. The first-order valence-electron chi connectivity index (χ1n) is 2.97. The molecule has 4 radical (unpaired) electrons. The average molecular weight is 250 g/mol. The van der Waals surface area contributed by atoms with Crippen LogP contribution < -0.4 is 0 Å². The van der Waals surface area contributed by atoms with Gasteiger partial charge < -0.3 is 0 Å². The zero-order valence-corrected chi connectivity index (χ0v) is 8.32. The third-order valence-corrected chi connectivity index (χ3v) is 3.08. The molecule has 0 unspecified atom stereocenters. The average Bonchev–Trinajstić information content (AvgIpc) is 2.51. The van der Waals surface area contributed by atoms with Crippen LogP contribution in [0.15, 0.2) is 0 Å². The van der Waals surface area contributed by atoms with Crippen LogP contribution in [0, 0.1) is 5.92 Å². The lowest BCUT2D eigenvalue weighted by Gasteiger charge is -1.91. The first-order chi connectivity index (χ1) is 3.93. The van der Waals surface area contributed by atoms with Crippen molar-refractivity contribution in [3.63, 3.8) is 0 Å². The molecule has 0 N–H and O–H groups in total. The Bertz CT molecular complexity index is 68.0. The molecule has 1 aliphatic carbocycles. The van der Waals surface area contributed by atoms with Crippen LogP contribution in [0.3, 0.4) is 0 Å². The second-order valence-electron chi connectivity index (χ2n) is 2.19. The van der Waals surface area contributed by atoms with Crippen LogP contribution in [0.1, 0.15) is 19.3 Å². The monoisotopic (exact) mass is 250 g/mol. The number of hydrogen-bond donors (Lipinski definition) is 0. The summed E-state index contributed by atoms with van der Waals surface area (Å²) in [6.07, 6.45) is 4.45. The van der Waals surface area contributed by atoms with Crippen molar-refractivity contribution in [2.75, 3.05) is 5.75 Å². The maximum atomic E-state index is 2.29. The van der Waals surface area contributed by atoms with Crippen molar-refractivity contribution in [3.8, 4) is 0 Å². The van der Waals surface area contributed by atoms with Crippen LogP contribution in [0.4, 0.5) is 0 Å². The predicted molar refractivity (Wildman–Crippen MR) is 55.3 cm³/mol. The molecule has 0 heterocycles. The zero-order valence-electron chi connectivity index (χ0n) is 5.35. The van der Waals surface area contributed by atoms with Gasteiger partial charge in [0.25, 0.3) is 4.41 Å². The summed E-state index contributed by atoms with van der Waals surface area (Å²) in [6, 6.07) is 0. The minimum absolute atomic E-state index is 0. The van der Waals surface area contributed by atoms with Gasteiger partial charge in [-0.3, -0.25) is 0 Å². The smallest absolute Gasteiger partial charge is 0.202 e. The molecule has 1 rings (SSSR count). The molecule has 9 heavy (non-hydrogen) atoms. The molecule has 1 fully saturated rings. The van der Waals surface area contributed by atoms with Crippen LogP contribution in [0.5, 0.6) is 0 Å². The van der Waals surface area contributed by atoms with E-state index in [1.54, 1.807) is 0 Å². The van der Waals surface area contributed by atoms with Gasteiger partial charge in [-0.2, -0.15) is 0 Å². The normalized spacial score (nSPS) is 16.6. The SMILES string of the molecule is I[B]SCCC1CC1.[B]. The van der Waals surface area contributed by atoms with Crippen molar-refractivity contribution in [2.45, 2.75) is 19.3 Å². The Labute approximate surface area is 77.5 Å². The Hall–Kier alpha value is 1.21. The molecular formula is C5H9B2IS. The second-order valence-corrected chi connectivity index (χ2v) is 4.64. The largest absolute Gasteiger partial charge is 0.275 e. The molecule has 0 saturated heterocycles. The molecule has 0 aliphatic heterocycles. The van der Waals surface area contributed by atoms with Gasteiger partial charge in [-0.25, -0.2) is 11.6 Å². The highest BCUT2D eigenvalue weighted by Gasteiger charge is 2.19. The third kappa shape index (κ3) is 5.64. The summed E-state index contributed by atoms with van der Waals surface area (Å²) >= 11 is 4.23. The first-order valence-corrected chi connectivity index (χ1v) is 5.26. The molecule has 1 aliphatic rings. The molecule has 4 heteroatoms. The van der Waals surface area contributed by atoms with E-state index in [0.29, 0.717) is 0 Å². The Kier molecular flexibility index (Phi) is 6.76. The van der Waals surface area contributed by atoms with Gasteiger partial charge in [0.2, 0.25) is 0 Å². The summed E-state index contributed by atoms with van der Waals surface area (Å²) in [4.78, 5) is 0. The van der Waals surface area contributed by atoms with Crippen molar-refractivity contribution >= 4 is 46.8 Å². The van der Waals surface area contributed by atoms with Crippen molar-refractivity contribution in [3.05, 3.63) is 0 Å². The fourth-order valence-electron chi connectivity index (χ4n) is 0.686. The van der Waals surface area contributed by atoms with Gasteiger partial charge in [0.15, 0.2) is 0 Å². The van der Waals surface area contributed by atoms with Crippen molar-refractivity contribution in [1.82, 2.24) is 0 Å². The Morgan fingerprint density at radius 3 is 2.67 bits per heavy atom. The minimum atomic E-state index is 0. The Balaban J connectivity index is 0.000000640. The molecule has 0 aromatic rings. The molecule has 0 bridgehead atoms. The molecule has 0 atom stereocenters. The second kappa shape index (κ2) is 5.96. The Morgan fingerprint density at radius 1 is 1.56 bits per heavy atom. The summed E-state index contributed by atoms with van der Waals surface area (Å²) in [6.45, 7) is 0.